The zero-order valence-corrected chi connectivity index (χ0v) is 15.5. The maximum atomic E-state index is 12.4. The monoisotopic (exact) mass is 315 g/mol. The second-order valence-electron chi connectivity index (χ2n) is 7.28. The van der Waals surface area contributed by atoms with Gasteiger partial charge in [0, 0.05) is 11.6 Å². The molecule has 1 aromatic rings. The maximum absolute atomic E-state index is 12.4. The lowest BCUT2D eigenvalue weighted by atomic mass is 9.87. The third-order valence-corrected chi connectivity index (χ3v) is 4.29. The molecular weight excluding hydrogens is 282 g/mol. The highest BCUT2D eigenvalue weighted by Crippen LogP contribution is 2.24. The fourth-order valence-electron chi connectivity index (χ4n) is 2.64. The summed E-state index contributed by atoms with van der Waals surface area (Å²) in [5, 5.41) is 3.07. The molecule has 0 spiro atoms. The molecule has 0 heterocycles. The van der Waals surface area contributed by atoms with Crippen LogP contribution in [0.25, 0.3) is 0 Å². The number of rotatable bonds is 8. The van der Waals surface area contributed by atoms with Gasteiger partial charge in [-0.15, -0.1) is 0 Å². The minimum absolute atomic E-state index is 0.114. The van der Waals surface area contributed by atoms with Gasteiger partial charge in [-0.3, -0.25) is 4.79 Å². The lowest BCUT2D eigenvalue weighted by Crippen LogP contribution is -2.22. The number of hydrogen-bond acceptors (Lipinski definition) is 1. The van der Waals surface area contributed by atoms with E-state index in [-0.39, 0.29) is 17.2 Å². The Morgan fingerprint density at radius 1 is 1.17 bits per heavy atom. The van der Waals surface area contributed by atoms with Crippen molar-refractivity contribution in [3.05, 3.63) is 42.0 Å². The lowest BCUT2D eigenvalue weighted by molar-refractivity contribution is -0.120. The Hall–Kier alpha value is -1.57. The van der Waals surface area contributed by atoms with Crippen molar-refractivity contribution in [3.63, 3.8) is 0 Å². The summed E-state index contributed by atoms with van der Waals surface area (Å²) in [6.07, 6.45) is 9.54. The van der Waals surface area contributed by atoms with Crippen LogP contribution in [0.15, 0.2) is 36.4 Å². The Balaban J connectivity index is 2.52. The van der Waals surface area contributed by atoms with Crippen molar-refractivity contribution in [3.8, 4) is 0 Å². The van der Waals surface area contributed by atoms with Crippen molar-refractivity contribution < 1.29 is 4.79 Å². The number of carbonyl (C=O) groups is 1. The molecule has 1 N–H and O–H groups in total. The standard InChI is InChI=1S/C21H33NO/c1-6-8-9-10-11-12-17(7-2)20(23)22-19-15-13-18(14-16-19)21(3,4)5/h6,8,13-17H,7,9-12H2,1-5H3,(H,22,23)/b8-6+. The van der Waals surface area contributed by atoms with Crippen LogP contribution in [-0.2, 0) is 10.2 Å². The molecule has 128 valence electrons. The molecule has 0 bridgehead atoms. The Bertz CT molecular complexity index is 494. The number of carbonyl (C=O) groups excluding carboxylic acids is 1. The predicted octanol–water partition coefficient (Wildman–Crippen LogP) is 6.09. The van der Waals surface area contributed by atoms with Gasteiger partial charge in [-0.2, -0.15) is 0 Å². The van der Waals surface area contributed by atoms with Gasteiger partial charge in [0.2, 0.25) is 5.91 Å². The van der Waals surface area contributed by atoms with Crippen LogP contribution < -0.4 is 5.32 Å². The molecule has 0 saturated heterocycles. The molecule has 0 aromatic heterocycles. The van der Waals surface area contributed by atoms with E-state index in [0.717, 1.165) is 37.8 Å². The average molecular weight is 316 g/mol. The maximum Gasteiger partial charge on any atom is 0.227 e. The van der Waals surface area contributed by atoms with E-state index in [1.54, 1.807) is 0 Å². The molecule has 2 heteroatoms. The summed E-state index contributed by atoms with van der Waals surface area (Å²) >= 11 is 0. The first-order valence-corrected chi connectivity index (χ1v) is 8.91. The number of unbranched alkanes of at least 4 members (excludes halogenated alkanes) is 2. The molecule has 0 fully saturated rings. The van der Waals surface area contributed by atoms with E-state index in [0.29, 0.717) is 0 Å². The van der Waals surface area contributed by atoms with Gasteiger partial charge in [-0.1, -0.05) is 58.4 Å². The van der Waals surface area contributed by atoms with Gasteiger partial charge in [-0.25, -0.2) is 0 Å². The van der Waals surface area contributed by atoms with Crippen LogP contribution in [0.4, 0.5) is 5.69 Å². The number of allylic oxidation sites excluding steroid dienone is 2. The SMILES string of the molecule is C/C=C/CCCCC(CC)C(=O)Nc1ccc(C(C)(C)C)cc1. The van der Waals surface area contributed by atoms with Crippen molar-refractivity contribution in [2.45, 2.75) is 72.1 Å². The van der Waals surface area contributed by atoms with Gasteiger partial charge in [0.05, 0.1) is 0 Å². The molecule has 1 rings (SSSR count). The first kappa shape index (κ1) is 19.5. The molecule has 1 unspecified atom stereocenters. The van der Waals surface area contributed by atoms with Gasteiger partial charge in [-0.05, 0) is 55.7 Å². The van der Waals surface area contributed by atoms with Crippen molar-refractivity contribution in [1.82, 2.24) is 0 Å². The van der Waals surface area contributed by atoms with Gasteiger partial charge >= 0.3 is 0 Å². The predicted molar refractivity (Wildman–Crippen MR) is 101 cm³/mol. The molecule has 2 nitrogen and oxygen atoms in total. The van der Waals surface area contributed by atoms with Crippen LogP contribution in [-0.4, -0.2) is 5.91 Å². The largest absolute Gasteiger partial charge is 0.326 e. The molecule has 0 aliphatic rings. The van der Waals surface area contributed by atoms with E-state index in [1.807, 2.05) is 19.1 Å². The molecule has 1 amide bonds. The Kier molecular flexibility index (Phi) is 8.08. The molecule has 0 saturated carbocycles. The molecule has 1 aromatic carbocycles. The van der Waals surface area contributed by atoms with E-state index in [2.05, 4.69) is 57.3 Å². The molecule has 23 heavy (non-hydrogen) atoms. The normalized spacial score (nSPS) is 13.3. The van der Waals surface area contributed by atoms with E-state index in [1.165, 1.54) is 5.56 Å². The fraction of sp³-hybridized carbons (Fsp3) is 0.571. The first-order chi connectivity index (χ1) is 10.9. The van der Waals surface area contributed by atoms with Gasteiger partial charge in [0.15, 0.2) is 0 Å². The van der Waals surface area contributed by atoms with Gasteiger partial charge in [0.1, 0.15) is 0 Å². The van der Waals surface area contributed by atoms with Crippen molar-refractivity contribution in [2.24, 2.45) is 5.92 Å². The van der Waals surface area contributed by atoms with Crippen LogP contribution in [0.5, 0.6) is 0 Å². The van der Waals surface area contributed by atoms with Crippen LogP contribution in [0.3, 0.4) is 0 Å². The van der Waals surface area contributed by atoms with Crippen molar-refractivity contribution in [1.29, 1.82) is 0 Å². The van der Waals surface area contributed by atoms with E-state index in [9.17, 15) is 4.79 Å². The van der Waals surface area contributed by atoms with E-state index in [4.69, 9.17) is 0 Å². The second kappa shape index (κ2) is 9.54. The molecular formula is C21H33NO. The minimum Gasteiger partial charge on any atom is -0.326 e. The smallest absolute Gasteiger partial charge is 0.227 e. The number of hydrogen-bond donors (Lipinski definition) is 1. The minimum atomic E-state index is 0.114. The number of anilines is 1. The first-order valence-electron chi connectivity index (χ1n) is 8.91. The molecule has 0 radical (unpaired) electrons. The summed E-state index contributed by atoms with van der Waals surface area (Å²) in [5.41, 5.74) is 2.32. The van der Waals surface area contributed by atoms with Crippen LogP contribution in [0.1, 0.15) is 72.3 Å². The summed E-state index contributed by atoms with van der Waals surface area (Å²) in [6.45, 7) is 10.7. The summed E-state index contributed by atoms with van der Waals surface area (Å²) in [4.78, 5) is 12.4. The summed E-state index contributed by atoms with van der Waals surface area (Å²) < 4.78 is 0. The number of amides is 1. The Morgan fingerprint density at radius 2 is 1.83 bits per heavy atom. The summed E-state index contributed by atoms with van der Waals surface area (Å²) in [5.74, 6) is 0.268. The van der Waals surface area contributed by atoms with E-state index < -0.39 is 0 Å². The van der Waals surface area contributed by atoms with Crippen LogP contribution >= 0.6 is 0 Å². The highest BCUT2D eigenvalue weighted by Gasteiger charge is 2.17. The summed E-state index contributed by atoms with van der Waals surface area (Å²) in [7, 11) is 0. The van der Waals surface area contributed by atoms with Crippen LogP contribution in [0, 0.1) is 5.92 Å². The highest BCUT2D eigenvalue weighted by molar-refractivity contribution is 5.92. The quantitative estimate of drug-likeness (QED) is 0.457. The molecule has 1 atom stereocenters. The van der Waals surface area contributed by atoms with Crippen molar-refractivity contribution >= 4 is 11.6 Å². The third-order valence-electron chi connectivity index (χ3n) is 4.29. The Morgan fingerprint density at radius 3 is 2.35 bits per heavy atom. The highest BCUT2D eigenvalue weighted by atomic mass is 16.1. The zero-order chi connectivity index (χ0) is 17.3. The topological polar surface area (TPSA) is 29.1 Å². The second-order valence-corrected chi connectivity index (χ2v) is 7.28. The average Bonchev–Trinajstić information content (AvgIpc) is 2.50. The summed E-state index contributed by atoms with van der Waals surface area (Å²) in [6, 6.07) is 8.23. The molecule has 0 aliphatic carbocycles. The lowest BCUT2D eigenvalue weighted by Gasteiger charge is -2.20. The molecule has 0 aliphatic heterocycles. The third kappa shape index (κ3) is 7.02. The van der Waals surface area contributed by atoms with Gasteiger partial charge in [0.25, 0.3) is 0 Å². The Labute approximate surface area is 142 Å². The van der Waals surface area contributed by atoms with E-state index >= 15 is 0 Å². The van der Waals surface area contributed by atoms with Gasteiger partial charge < -0.3 is 5.32 Å². The van der Waals surface area contributed by atoms with Crippen molar-refractivity contribution in [2.75, 3.05) is 5.32 Å². The number of benzene rings is 1. The zero-order valence-electron chi connectivity index (χ0n) is 15.5. The number of nitrogens with one attached hydrogen (secondary N) is 1. The fourth-order valence-corrected chi connectivity index (χ4v) is 2.64. The van der Waals surface area contributed by atoms with Crippen LogP contribution in [0.2, 0.25) is 0 Å².